The molecule has 1 fully saturated rings. The highest BCUT2D eigenvalue weighted by molar-refractivity contribution is 5.93. The van der Waals surface area contributed by atoms with Crippen molar-refractivity contribution in [2.24, 2.45) is 0 Å². The highest BCUT2D eigenvalue weighted by Crippen LogP contribution is 2.31. The van der Waals surface area contributed by atoms with E-state index in [1.165, 1.54) is 0 Å². The molecule has 1 aliphatic rings. The van der Waals surface area contributed by atoms with E-state index in [0.29, 0.717) is 5.69 Å². The molecule has 6 nitrogen and oxygen atoms in total. The van der Waals surface area contributed by atoms with Gasteiger partial charge in [0.2, 0.25) is 0 Å². The molecule has 1 saturated heterocycles. The lowest BCUT2D eigenvalue weighted by Crippen LogP contribution is -2.31. The van der Waals surface area contributed by atoms with Crippen molar-refractivity contribution in [3.63, 3.8) is 0 Å². The molecule has 122 valence electrons. The summed E-state index contributed by atoms with van der Waals surface area (Å²) in [5.41, 5.74) is 3.32. The molecule has 4 heterocycles. The quantitative estimate of drug-likeness (QED) is 0.728. The molecule has 1 atom stereocenters. The number of fused-ring (bicyclic) bond motifs is 1. The van der Waals surface area contributed by atoms with E-state index in [0.717, 1.165) is 42.1 Å². The first-order chi connectivity index (χ1) is 11.6. The van der Waals surface area contributed by atoms with Gasteiger partial charge in [-0.1, -0.05) is 6.07 Å². The average Bonchev–Trinajstić information content (AvgIpc) is 3.20. The maximum absolute atomic E-state index is 13.0. The van der Waals surface area contributed by atoms with Crippen LogP contribution in [0.1, 0.15) is 46.5 Å². The Bertz CT molecular complexity index is 917. The number of nitrogens with zero attached hydrogens (tertiary/aromatic N) is 5. The van der Waals surface area contributed by atoms with Crippen molar-refractivity contribution >= 4 is 11.6 Å². The van der Waals surface area contributed by atoms with Crippen LogP contribution in [0.2, 0.25) is 0 Å². The van der Waals surface area contributed by atoms with Crippen LogP contribution >= 0.6 is 0 Å². The summed E-state index contributed by atoms with van der Waals surface area (Å²) in [5, 5.41) is 0. The highest BCUT2D eigenvalue weighted by Gasteiger charge is 2.32. The van der Waals surface area contributed by atoms with Gasteiger partial charge in [-0.25, -0.2) is 15.0 Å². The fourth-order valence-corrected chi connectivity index (χ4v) is 3.33. The molecule has 1 unspecified atom stereocenters. The first-order valence-corrected chi connectivity index (χ1v) is 8.18. The number of hydrogen-bond donors (Lipinski definition) is 0. The standard InChI is InChI=1S/C18H19N5O/c1-12-5-6-17-21-15(11-22(17)10-12)18(24)23-9-3-4-16(23)14-7-8-19-13(2)20-14/h5-8,10-11,16H,3-4,9H2,1-2H3. The largest absolute Gasteiger partial charge is 0.329 e. The summed E-state index contributed by atoms with van der Waals surface area (Å²) in [5.74, 6) is 0.699. The summed E-state index contributed by atoms with van der Waals surface area (Å²) in [6, 6.07) is 5.84. The van der Waals surface area contributed by atoms with Crippen LogP contribution in [0.3, 0.4) is 0 Å². The predicted molar refractivity (Wildman–Crippen MR) is 89.7 cm³/mol. The van der Waals surface area contributed by atoms with Crippen LogP contribution < -0.4 is 0 Å². The van der Waals surface area contributed by atoms with Gasteiger partial charge in [0, 0.05) is 25.1 Å². The third-order valence-corrected chi connectivity index (χ3v) is 4.47. The second kappa shape index (κ2) is 5.70. The van der Waals surface area contributed by atoms with Gasteiger partial charge in [-0.3, -0.25) is 4.79 Å². The molecule has 6 heteroatoms. The molecular formula is C18H19N5O. The van der Waals surface area contributed by atoms with Crippen LogP contribution in [0, 0.1) is 13.8 Å². The molecule has 0 N–H and O–H groups in total. The Morgan fingerprint density at radius 1 is 1.17 bits per heavy atom. The average molecular weight is 321 g/mol. The number of hydrogen-bond acceptors (Lipinski definition) is 4. The molecule has 0 spiro atoms. The van der Waals surface area contributed by atoms with E-state index in [-0.39, 0.29) is 11.9 Å². The Hall–Kier alpha value is -2.76. The van der Waals surface area contributed by atoms with Crippen molar-refractivity contribution < 1.29 is 4.79 Å². The van der Waals surface area contributed by atoms with E-state index in [9.17, 15) is 4.79 Å². The van der Waals surface area contributed by atoms with Crippen LogP contribution in [0.5, 0.6) is 0 Å². The minimum absolute atomic E-state index is 0.00532. The van der Waals surface area contributed by atoms with Crippen molar-refractivity contribution in [2.45, 2.75) is 32.7 Å². The Morgan fingerprint density at radius 2 is 2.04 bits per heavy atom. The SMILES string of the molecule is Cc1ccc2nc(C(=O)N3CCCC3c3ccnc(C)n3)cn2c1. The lowest BCUT2D eigenvalue weighted by Gasteiger charge is -2.23. The number of likely N-dealkylation sites (tertiary alicyclic amines) is 1. The number of aryl methyl sites for hydroxylation is 2. The molecule has 3 aromatic heterocycles. The Balaban J connectivity index is 1.66. The molecule has 3 aromatic rings. The van der Waals surface area contributed by atoms with Gasteiger partial charge in [0.25, 0.3) is 5.91 Å². The van der Waals surface area contributed by atoms with Gasteiger partial charge >= 0.3 is 0 Å². The number of carbonyl (C=O) groups is 1. The fourth-order valence-electron chi connectivity index (χ4n) is 3.33. The monoisotopic (exact) mass is 321 g/mol. The normalized spacial score (nSPS) is 17.6. The van der Waals surface area contributed by atoms with E-state index >= 15 is 0 Å². The summed E-state index contributed by atoms with van der Waals surface area (Å²) in [6.07, 6.45) is 7.45. The number of pyridine rings is 1. The Labute approximate surface area is 140 Å². The number of imidazole rings is 1. The van der Waals surface area contributed by atoms with Gasteiger partial charge in [-0.05, 0) is 44.4 Å². The molecular weight excluding hydrogens is 302 g/mol. The van der Waals surface area contributed by atoms with Crippen LogP contribution in [0.15, 0.2) is 36.8 Å². The minimum Gasteiger partial charge on any atom is -0.329 e. The van der Waals surface area contributed by atoms with E-state index in [4.69, 9.17) is 0 Å². The van der Waals surface area contributed by atoms with Gasteiger partial charge in [0.1, 0.15) is 17.2 Å². The van der Waals surface area contributed by atoms with E-state index < -0.39 is 0 Å². The van der Waals surface area contributed by atoms with Gasteiger partial charge in [-0.2, -0.15) is 0 Å². The van der Waals surface area contributed by atoms with E-state index in [2.05, 4.69) is 15.0 Å². The highest BCUT2D eigenvalue weighted by atomic mass is 16.2. The second-order valence-electron chi connectivity index (χ2n) is 6.28. The summed E-state index contributed by atoms with van der Waals surface area (Å²) in [7, 11) is 0. The van der Waals surface area contributed by atoms with Gasteiger partial charge < -0.3 is 9.30 Å². The fraction of sp³-hybridized carbons (Fsp3) is 0.333. The zero-order chi connectivity index (χ0) is 16.7. The van der Waals surface area contributed by atoms with Crippen molar-refractivity contribution in [3.8, 4) is 0 Å². The summed E-state index contributed by atoms with van der Waals surface area (Å²) < 4.78 is 1.91. The molecule has 1 amide bonds. The summed E-state index contributed by atoms with van der Waals surface area (Å²) >= 11 is 0. The smallest absolute Gasteiger partial charge is 0.274 e. The molecule has 0 aliphatic carbocycles. The lowest BCUT2D eigenvalue weighted by molar-refractivity contribution is 0.0727. The number of carbonyl (C=O) groups excluding carboxylic acids is 1. The lowest BCUT2D eigenvalue weighted by atomic mass is 10.1. The third-order valence-electron chi connectivity index (χ3n) is 4.47. The van der Waals surface area contributed by atoms with Crippen LogP contribution in [0.25, 0.3) is 5.65 Å². The molecule has 0 aromatic carbocycles. The topological polar surface area (TPSA) is 63.4 Å². The Morgan fingerprint density at radius 3 is 2.88 bits per heavy atom. The molecule has 0 bridgehead atoms. The minimum atomic E-state index is -0.0323. The van der Waals surface area contributed by atoms with Crippen LogP contribution in [0.4, 0.5) is 0 Å². The maximum Gasteiger partial charge on any atom is 0.274 e. The summed E-state index contributed by atoms with van der Waals surface area (Å²) in [6.45, 7) is 4.63. The predicted octanol–water partition coefficient (Wildman–Crippen LogP) is 2.72. The number of aromatic nitrogens is 4. The van der Waals surface area contributed by atoms with Gasteiger partial charge in [0.15, 0.2) is 0 Å². The number of amides is 1. The molecule has 24 heavy (non-hydrogen) atoms. The summed E-state index contributed by atoms with van der Waals surface area (Å²) in [4.78, 5) is 28.0. The molecule has 4 rings (SSSR count). The first-order valence-electron chi connectivity index (χ1n) is 8.18. The first kappa shape index (κ1) is 14.8. The van der Waals surface area contributed by atoms with Crippen molar-refractivity contribution in [1.82, 2.24) is 24.3 Å². The van der Waals surface area contributed by atoms with Crippen molar-refractivity contribution in [2.75, 3.05) is 6.54 Å². The molecule has 0 saturated carbocycles. The molecule has 0 radical (unpaired) electrons. The van der Waals surface area contributed by atoms with Crippen molar-refractivity contribution in [3.05, 3.63) is 59.6 Å². The van der Waals surface area contributed by atoms with Crippen LogP contribution in [-0.2, 0) is 0 Å². The Kier molecular flexibility index (Phi) is 3.52. The van der Waals surface area contributed by atoms with Gasteiger partial charge in [0.05, 0.1) is 11.7 Å². The van der Waals surface area contributed by atoms with Crippen LogP contribution in [-0.4, -0.2) is 36.7 Å². The number of rotatable bonds is 2. The maximum atomic E-state index is 13.0. The van der Waals surface area contributed by atoms with Gasteiger partial charge in [-0.15, -0.1) is 0 Å². The van der Waals surface area contributed by atoms with E-state index in [1.807, 2.05) is 53.7 Å². The second-order valence-corrected chi connectivity index (χ2v) is 6.28. The zero-order valence-electron chi connectivity index (χ0n) is 13.8. The zero-order valence-corrected chi connectivity index (χ0v) is 13.8. The third kappa shape index (κ3) is 2.54. The molecule has 1 aliphatic heterocycles. The van der Waals surface area contributed by atoms with E-state index in [1.54, 1.807) is 6.20 Å². The van der Waals surface area contributed by atoms with Crippen molar-refractivity contribution in [1.29, 1.82) is 0 Å².